The standard InChI is InChI=1S/C12H22O/c1-2-3-8-12(11-13)9-6-4-5-7-10-12/h11H,2-10H2,1H3. The average Bonchev–Trinajstić information content (AvgIpc) is 2.41. The monoisotopic (exact) mass is 182 g/mol. The summed E-state index contributed by atoms with van der Waals surface area (Å²) in [6.45, 7) is 2.20. The van der Waals surface area contributed by atoms with Crippen molar-refractivity contribution in [2.45, 2.75) is 64.7 Å². The Hall–Kier alpha value is -0.330. The Labute approximate surface area is 81.9 Å². The van der Waals surface area contributed by atoms with Gasteiger partial charge in [0.1, 0.15) is 6.29 Å². The van der Waals surface area contributed by atoms with Gasteiger partial charge in [0.15, 0.2) is 0 Å². The van der Waals surface area contributed by atoms with Gasteiger partial charge in [0, 0.05) is 5.41 Å². The van der Waals surface area contributed by atoms with Crippen molar-refractivity contribution in [1.29, 1.82) is 0 Å². The van der Waals surface area contributed by atoms with Crippen molar-refractivity contribution in [2.24, 2.45) is 5.41 Å². The van der Waals surface area contributed by atoms with E-state index in [1.165, 1.54) is 44.8 Å². The average molecular weight is 182 g/mol. The number of unbranched alkanes of at least 4 members (excludes halogenated alkanes) is 1. The fraction of sp³-hybridized carbons (Fsp3) is 0.917. The van der Waals surface area contributed by atoms with E-state index in [0.29, 0.717) is 0 Å². The SMILES string of the molecule is CCCCC1(C=O)CCCCCC1. The van der Waals surface area contributed by atoms with Gasteiger partial charge in [-0.25, -0.2) is 0 Å². The molecule has 1 aliphatic rings. The third-order valence-electron chi connectivity index (χ3n) is 3.38. The largest absolute Gasteiger partial charge is 0.303 e. The van der Waals surface area contributed by atoms with Crippen molar-refractivity contribution in [3.8, 4) is 0 Å². The predicted octanol–water partition coefficient (Wildman–Crippen LogP) is 3.72. The number of hydrogen-bond acceptors (Lipinski definition) is 1. The van der Waals surface area contributed by atoms with Crippen LogP contribution in [0.25, 0.3) is 0 Å². The molecule has 0 N–H and O–H groups in total. The lowest BCUT2D eigenvalue weighted by Crippen LogP contribution is -2.21. The van der Waals surface area contributed by atoms with Crippen molar-refractivity contribution in [3.63, 3.8) is 0 Å². The van der Waals surface area contributed by atoms with Gasteiger partial charge >= 0.3 is 0 Å². The highest BCUT2D eigenvalue weighted by molar-refractivity contribution is 5.59. The van der Waals surface area contributed by atoms with Gasteiger partial charge in [-0.3, -0.25) is 0 Å². The Bertz CT molecular complexity index is 143. The lowest BCUT2D eigenvalue weighted by Gasteiger charge is -2.25. The molecule has 1 nitrogen and oxygen atoms in total. The van der Waals surface area contributed by atoms with E-state index in [-0.39, 0.29) is 5.41 Å². The maximum Gasteiger partial charge on any atom is 0.126 e. The van der Waals surface area contributed by atoms with Crippen LogP contribution in [0.4, 0.5) is 0 Å². The molecule has 1 saturated carbocycles. The third kappa shape index (κ3) is 3.13. The van der Waals surface area contributed by atoms with Crippen LogP contribution in [0, 0.1) is 5.41 Å². The maximum absolute atomic E-state index is 11.1. The molecule has 0 aromatic heterocycles. The zero-order valence-electron chi connectivity index (χ0n) is 8.85. The number of hydrogen-bond donors (Lipinski definition) is 0. The summed E-state index contributed by atoms with van der Waals surface area (Å²) in [5, 5.41) is 0. The highest BCUT2D eigenvalue weighted by atomic mass is 16.1. The molecule has 0 heterocycles. The second kappa shape index (κ2) is 5.41. The predicted molar refractivity (Wildman–Crippen MR) is 55.7 cm³/mol. The van der Waals surface area contributed by atoms with Crippen LogP contribution in [0.15, 0.2) is 0 Å². The van der Waals surface area contributed by atoms with E-state index in [1.807, 2.05) is 0 Å². The molecule has 0 atom stereocenters. The lowest BCUT2D eigenvalue weighted by molar-refractivity contribution is -0.117. The first-order chi connectivity index (χ1) is 6.33. The van der Waals surface area contributed by atoms with Gasteiger partial charge in [-0.05, 0) is 19.3 Å². The molecule has 0 spiro atoms. The van der Waals surface area contributed by atoms with E-state index in [2.05, 4.69) is 6.92 Å². The highest BCUT2D eigenvalue weighted by Crippen LogP contribution is 2.37. The molecule has 0 amide bonds. The maximum atomic E-state index is 11.1. The van der Waals surface area contributed by atoms with Crippen LogP contribution < -0.4 is 0 Å². The second-order valence-corrected chi connectivity index (χ2v) is 4.50. The molecule has 0 aliphatic heterocycles. The smallest absolute Gasteiger partial charge is 0.126 e. The Morgan fingerprint density at radius 1 is 1.15 bits per heavy atom. The van der Waals surface area contributed by atoms with Crippen molar-refractivity contribution in [1.82, 2.24) is 0 Å². The summed E-state index contributed by atoms with van der Waals surface area (Å²) in [5.41, 5.74) is 0.0759. The number of carbonyl (C=O) groups is 1. The van der Waals surface area contributed by atoms with Gasteiger partial charge in [0.05, 0.1) is 0 Å². The van der Waals surface area contributed by atoms with Gasteiger partial charge in [0.2, 0.25) is 0 Å². The summed E-state index contributed by atoms with van der Waals surface area (Å²) < 4.78 is 0. The molecule has 0 unspecified atom stereocenters. The normalized spacial score (nSPS) is 22.2. The zero-order chi connectivity index (χ0) is 9.57. The minimum atomic E-state index is 0.0759. The van der Waals surface area contributed by atoms with E-state index >= 15 is 0 Å². The first-order valence-electron chi connectivity index (χ1n) is 5.79. The number of carbonyl (C=O) groups excluding carboxylic acids is 1. The van der Waals surface area contributed by atoms with Crippen molar-refractivity contribution >= 4 is 6.29 Å². The minimum Gasteiger partial charge on any atom is -0.303 e. The molecule has 0 aromatic carbocycles. The molecule has 76 valence electrons. The summed E-state index contributed by atoms with van der Waals surface area (Å²) >= 11 is 0. The van der Waals surface area contributed by atoms with E-state index < -0.39 is 0 Å². The quantitative estimate of drug-likeness (QED) is 0.478. The van der Waals surface area contributed by atoms with Gasteiger partial charge < -0.3 is 4.79 Å². The lowest BCUT2D eigenvalue weighted by atomic mass is 9.78. The Balaban J connectivity index is 2.48. The van der Waals surface area contributed by atoms with Gasteiger partial charge in [-0.1, -0.05) is 45.4 Å². The van der Waals surface area contributed by atoms with Crippen molar-refractivity contribution in [3.05, 3.63) is 0 Å². The molecular formula is C12H22O. The molecule has 1 rings (SSSR count). The first-order valence-corrected chi connectivity index (χ1v) is 5.79. The molecule has 0 saturated heterocycles. The molecule has 1 fully saturated rings. The molecule has 0 bridgehead atoms. The number of aldehydes is 1. The summed E-state index contributed by atoms with van der Waals surface area (Å²) in [7, 11) is 0. The van der Waals surface area contributed by atoms with E-state index in [1.54, 1.807) is 0 Å². The van der Waals surface area contributed by atoms with E-state index in [0.717, 1.165) is 19.3 Å². The van der Waals surface area contributed by atoms with Crippen LogP contribution in [0.3, 0.4) is 0 Å². The Morgan fingerprint density at radius 2 is 1.77 bits per heavy atom. The third-order valence-corrected chi connectivity index (χ3v) is 3.38. The van der Waals surface area contributed by atoms with Crippen LogP contribution in [-0.2, 0) is 4.79 Å². The molecule has 13 heavy (non-hydrogen) atoms. The molecule has 1 heteroatoms. The minimum absolute atomic E-state index is 0.0759. The van der Waals surface area contributed by atoms with Crippen LogP contribution in [0.1, 0.15) is 64.7 Å². The van der Waals surface area contributed by atoms with E-state index in [4.69, 9.17) is 0 Å². The highest BCUT2D eigenvalue weighted by Gasteiger charge is 2.29. The van der Waals surface area contributed by atoms with E-state index in [9.17, 15) is 4.79 Å². The van der Waals surface area contributed by atoms with Crippen molar-refractivity contribution in [2.75, 3.05) is 0 Å². The number of rotatable bonds is 4. The summed E-state index contributed by atoms with van der Waals surface area (Å²) in [4.78, 5) is 11.1. The van der Waals surface area contributed by atoms with Gasteiger partial charge in [-0.2, -0.15) is 0 Å². The Morgan fingerprint density at radius 3 is 2.23 bits per heavy atom. The first kappa shape index (κ1) is 10.7. The van der Waals surface area contributed by atoms with Gasteiger partial charge in [0.25, 0.3) is 0 Å². The molecule has 0 radical (unpaired) electrons. The fourth-order valence-corrected chi connectivity index (χ4v) is 2.39. The molecular weight excluding hydrogens is 160 g/mol. The van der Waals surface area contributed by atoms with Gasteiger partial charge in [-0.15, -0.1) is 0 Å². The molecule has 1 aliphatic carbocycles. The van der Waals surface area contributed by atoms with Crippen LogP contribution in [-0.4, -0.2) is 6.29 Å². The van der Waals surface area contributed by atoms with Crippen molar-refractivity contribution < 1.29 is 4.79 Å². The van der Waals surface area contributed by atoms with Crippen LogP contribution in [0.5, 0.6) is 0 Å². The summed E-state index contributed by atoms with van der Waals surface area (Å²) in [6, 6.07) is 0. The zero-order valence-corrected chi connectivity index (χ0v) is 8.85. The summed E-state index contributed by atoms with van der Waals surface area (Å²) in [6.07, 6.45) is 12.3. The summed E-state index contributed by atoms with van der Waals surface area (Å²) in [5.74, 6) is 0. The van der Waals surface area contributed by atoms with Crippen LogP contribution in [0.2, 0.25) is 0 Å². The Kier molecular flexibility index (Phi) is 4.47. The fourth-order valence-electron chi connectivity index (χ4n) is 2.39. The van der Waals surface area contributed by atoms with Crippen LogP contribution >= 0.6 is 0 Å². The second-order valence-electron chi connectivity index (χ2n) is 4.50. The topological polar surface area (TPSA) is 17.1 Å². The molecule has 0 aromatic rings.